The van der Waals surface area contributed by atoms with Gasteiger partial charge in [-0.2, -0.15) is 0 Å². The first-order valence-corrected chi connectivity index (χ1v) is 5.69. The molecule has 0 radical (unpaired) electrons. The topological polar surface area (TPSA) is 9.23 Å². The summed E-state index contributed by atoms with van der Waals surface area (Å²) in [6, 6.07) is 0. The fraction of sp³-hybridized carbons (Fsp3) is 1.00. The Morgan fingerprint density at radius 1 is 1.09 bits per heavy atom. The molecule has 1 aliphatic rings. The molecule has 0 unspecified atom stereocenters. The van der Waals surface area contributed by atoms with Crippen molar-refractivity contribution in [2.75, 3.05) is 18.5 Å². The van der Waals surface area contributed by atoms with Gasteiger partial charge in [-0.3, -0.25) is 0 Å². The van der Waals surface area contributed by atoms with E-state index in [4.69, 9.17) is 4.74 Å². The van der Waals surface area contributed by atoms with E-state index in [9.17, 15) is 0 Å². The average molecular weight is 221 g/mol. The third kappa shape index (κ3) is 4.12. The van der Waals surface area contributed by atoms with Crippen LogP contribution in [0.4, 0.5) is 0 Å². The first-order chi connectivity index (χ1) is 5.43. The molecule has 1 rings (SSSR count). The Morgan fingerprint density at radius 2 is 1.82 bits per heavy atom. The lowest BCUT2D eigenvalue weighted by molar-refractivity contribution is -0.0364. The zero-order valence-corrected chi connectivity index (χ0v) is 8.61. The molecule has 1 heterocycles. The summed E-state index contributed by atoms with van der Waals surface area (Å²) in [5.41, 5.74) is 0. The highest BCUT2D eigenvalue weighted by molar-refractivity contribution is 9.09. The second kappa shape index (κ2) is 6.01. The highest BCUT2D eigenvalue weighted by atomic mass is 79.9. The summed E-state index contributed by atoms with van der Waals surface area (Å²) < 4.78 is 5.11. The largest absolute Gasteiger partial charge is 0.381 e. The van der Waals surface area contributed by atoms with Crippen molar-refractivity contribution in [3.63, 3.8) is 0 Å². The summed E-state index contributed by atoms with van der Waals surface area (Å²) in [5, 5.41) is 1.17. The fourth-order valence-electron chi connectivity index (χ4n) is 1.33. The van der Waals surface area contributed by atoms with Crippen LogP contribution >= 0.6 is 15.9 Å². The monoisotopic (exact) mass is 220 g/mol. The molecule has 0 aromatic carbocycles. The van der Waals surface area contributed by atoms with Gasteiger partial charge in [0, 0.05) is 11.2 Å². The normalized spacial score (nSPS) is 18.3. The number of alkyl halides is 1. The summed E-state index contributed by atoms with van der Waals surface area (Å²) in [6.07, 6.45) is 6.92. The van der Waals surface area contributed by atoms with Gasteiger partial charge in [0.2, 0.25) is 0 Å². The van der Waals surface area contributed by atoms with Gasteiger partial charge in [0.1, 0.15) is 0 Å². The second-order valence-corrected chi connectivity index (χ2v) is 4.09. The van der Waals surface area contributed by atoms with Crippen molar-refractivity contribution in [3.05, 3.63) is 0 Å². The van der Waals surface area contributed by atoms with Crippen LogP contribution in [0.2, 0.25) is 0 Å². The molecule has 11 heavy (non-hydrogen) atoms. The Morgan fingerprint density at radius 3 is 2.36 bits per heavy atom. The van der Waals surface area contributed by atoms with E-state index < -0.39 is 0 Å². The van der Waals surface area contributed by atoms with Crippen LogP contribution in [-0.4, -0.2) is 18.5 Å². The van der Waals surface area contributed by atoms with Crippen molar-refractivity contribution in [1.82, 2.24) is 0 Å². The number of ether oxygens (including phenoxy) is 1. The van der Waals surface area contributed by atoms with E-state index in [2.05, 4.69) is 15.9 Å². The molecule has 0 aromatic rings. The smallest absolute Gasteiger partial charge is 0.0516 e. The number of halogens is 1. The summed E-state index contributed by atoms with van der Waals surface area (Å²) >= 11 is 3.44. The van der Waals surface area contributed by atoms with Crippen molar-refractivity contribution in [2.45, 2.75) is 32.1 Å². The van der Waals surface area contributed by atoms with Gasteiger partial charge in [-0.05, 0) is 12.8 Å². The lowest BCUT2D eigenvalue weighted by Crippen LogP contribution is -2.27. The van der Waals surface area contributed by atoms with Crippen LogP contribution in [0.3, 0.4) is 0 Å². The van der Waals surface area contributed by atoms with Crippen molar-refractivity contribution in [2.24, 2.45) is 5.92 Å². The van der Waals surface area contributed by atoms with Gasteiger partial charge in [0.05, 0.1) is 13.2 Å². The minimum Gasteiger partial charge on any atom is -0.381 e. The lowest BCUT2D eigenvalue weighted by Gasteiger charge is -2.25. The minimum atomic E-state index is 0.902. The van der Waals surface area contributed by atoms with Crippen LogP contribution < -0.4 is 0 Å². The van der Waals surface area contributed by atoms with E-state index in [1.807, 2.05) is 0 Å². The predicted octanol–water partition coefficient (Wildman–Crippen LogP) is 2.98. The third-order valence-corrected chi connectivity index (χ3v) is 2.76. The molecule has 0 spiro atoms. The summed E-state index contributed by atoms with van der Waals surface area (Å²) in [5.74, 6) is 0.902. The Hall–Kier alpha value is 0.440. The highest BCUT2D eigenvalue weighted by Gasteiger charge is 2.16. The number of hydrogen-bond acceptors (Lipinski definition) is 1. The third-order valence-electron chi connectivity index (χ3n) is 2.20. The van der Waals surface area contributed by atoms with Gasteiger partial charge < -0.3 is 4.74 Å². The molecule has 0 aromatic heterocycles. The molecule has 1 saturated heterocycles. The Bertz CT molecular complexity index is 91.6. The van der Waals surface area contributed by atoms with Gasteiger partial charge in [-0.15, -0.1) is 0 Å². The van der Waals surface area contributed by atoms with E-state index >= 15 is 0 Å². The maximum Gasteiger partial charge on any atom is 0.0516 e. The molecule has 0 bridgehead atoms. The predicted molar refractivity (Wildman–Crippen MR) is 51.2 cm³/mol. The van der Waals surface area contributed by atoms with Crippen molar-refractivity contribution in [3.8, 4) is 0 Å². The van der Waals surface area contributed by atoms with Crippen LogP contribution in [0, 0.1) is 5.92 Å². The van der Waals surface area contributed by atoms with Gasteiger partial charge >= 0.3 is 0 Å². The second-order valence-electron chi connectivity index (χ2n) is 3.30. The number of hydrogen-bond donors (Lipinski definition) is 0. The van der Waals surface area contributed by atoms with Crippen LogP contribution in [0.1, 0.15) is 32.1 Å². The van der Waals surface area contributed by atoms with Gasteiger partial charge in [0.15, 0.2) is 0 Å². The molecule has 2 heteroatoms. The number of rotatable bonds is 6. The molecule has 1 fully saturated rings. The standard InChI is InChI=1S/C9H17BrO/c10-6-4-2-1-3-5-9-7-11-8-9/h9H,1-8H2. The van der Waals surface area contributed by atoms with Gasteiger partial charge in [-0.1, -0.05) is 35.2 Å². The van der Waals surface area contributed by atoms with E-state index in [0.29, 0.717) is 0 Å². The molecule has 0 amide bonds. The Labute approximate surface area is 77.6 Å². The number of unbranched alkanes of at least 4 members (excludes halogenated alkanes) is 3. The molecule has 0 atom stereocenters. The fourth-order valence-corrected chi connectivity index (χ4v) is 1.73. The molecule has 0 saturated carbocycles. The molecule has 1 aliphatic heterocycles. The van der Waals surface area contributed by atoms with Crippen molar-refractivity contribution < 1.29 is 4.74 Å². The molecule has 0 aliphatic carbocycles. The lowest BCUT2D eigenvalue weighted by atomic mass is 10.00. The van der Waals surface area contributed by atoms with Gasteiger partial charge in [0.25, 0.3) is 0 Å². The zero-order chi connectivity index (χ0) is 7.94. The molecule has 0 N–H and O–H groups in total. The van der Waals surface area contributed by atoms with Crippen LogP contribution in [-0.2, 0) is 4.74 Å². The average Bonchev–Trinajstić information content (AvgIpc) is 1.93. The maximum absolute atomic E-state index is 5.11. The highest BCUT2D eigenvalue weighted by Crippen LogP contribution is 2.18. The molecular formula is C9H17BrO. The molecule has 66 valence electrons. The Kier molecular flexibility index (Phi) is 5.21. The first-order valence-electron chi connectivity index (χ1n) is 4.57. The van der Waals surface area contributed by atoms with E-state index in [1.54, 1.807) is 0 Å². The minimum absolute atomic E-state index is 0.902. The van der Waals surface area contributed by atoms with Crippen LogP contribution in [0.25, 0.3) is 0 Å². The van der Waals surface area contributed by atoms with E-state index in [-0.39, 0.29) is 0 Å². The maximum atomic E-state index is 5.11. The first kappa shape index (κ1) is 9.53. The zero-order valence-electron chi connectivity index (χ0n) is 7.02. The van der Waals surface area contributed by atoms with E-state index in [0.717, 1.165) is 19.1 Å². The van der Waals surface area contributed by atoms with Crippen molar-refractivity contribution >= 4 is 15.9 Å². The van der Waals surface area contributed by atoms with E-state index in [1.165, 1.54) is 37.4 Å². The summed E-state index contributed by atoms with van der Waals surface area (Å²) in [7, 11) is 0. The summed E-state index contributed by atoms with van der Waals surface area (Å²) in [4.78, 5) is 0. The van der Waals surface area contributed by atoms with Crippen LogP contribution in [0.15, 0.2) is 0 Å². The quantitative estimate of drug-likeness (QED) is 0.495. The SMILES string of the molecule is BrCCCCCCC1COC1. The molecular weight excluding hydrogens is 204 g/mol. The summed E-state index contributed by atoms with van der Waals surface area (Å²) in [6.45, 7) is 2.05. The van der Waals surface area contributed by atoms with Gasteiger partial charge in [-0.25, -0.2) is 0 Å². The van der Waals surface area contributed by atoms with Crippen molar-refractivity contribution in [1.29, 1.82) is 0 Å². The van der Waals surface area contributed by atoms with Crippen LogP contribution in [0.5, 0.6) is 0 Å². The molecule has 1 nitrogen and oxygen atoms in total. The Balaban J connectivity index is 1.73.